The number of aliphatic hydroxyl groups excluding tert-OH is 1. The molecule has 0 spiro atoms. The van der Waals surface area contributed by atoms with Crippen molar-refractivity contribution < 1.29 is 19.3 Å². The second-order valence-corrected chi connectivity index (χ2v) is 4.81. The van der Waals surface area contributed by atoms with Gasteiger partial charge >= 0.3 is 0 Å². The summed E-state index contributed by atoms with van der Waals surface area (Å²) in [4.78, 5) is 0. The lowest BCUT2D eigenvalue weighted by molar-refractivity contribution is 0.256. The van der Waals surface area contributed by atoms with Gasteiger partial charge in [-0.05, 0) is 11.6 Å². The Morgan fingerprint density at radius 2 is 1.61 bits per heavy atom. The Labute approximate surface area is 142 Å². The lowest BCUT2D eigenvalue weighted by Crippen LogP contribution is -2.16. The molecule has 0 unspecified atom stereocenters. The highest BCUT2D eigenvalue weighted by Gasteiger charge is 2.17. The zero-order valence-corrected chi connectivity index (χ0v) is 14.0. The number of aliphatic hydroxyl groups is 1. The van der Waals surface area contributed by atoms with Crippen molar-refractivity contribution in [2.75, 3.05) is 20.8 Å². The molecule has 0 heterocycles. The molecule has 0 amide bonds. The van der Waals surface area contributed by atoms with Crippen LogP contribution in [0, 0.1) is 0 Å². The third kappa shape index (κ3) is 4.76. The molecule has 23 heavy (non-hydrogen) atoms. The minimum Gasteiger partial charge on any atom is -0.493 e. The van der Waals surface area contributed by atoms with Crippen LogP contribution in [0.1, 0.15) is 17.2 Å². The van der Waals surface area contributed by atoms with Gasteiger partial charge < -0.3 is 25.1 Å². The molecule has 2 aromatic rings. The van der Waals surface area contributed by atoms with E-state index in [2.05, 4.69) is 0 Å². The molecule has 126 valence electrons. The van der Waals surface area contributed by atoms with Crippen LogP contribution in [0.4, 0.5) is 0 Å². The summed E-state index contributed by atoms with van der Waals surface area (Å²) in [5.74, 6) is 1.68. The molecule has 0 aliphatic carbocycles. The summed E-state index contributed by atoms with van der Waals surface area (Å²) in [7, 11) is 3.11. The number of benzene rings is 2. The lowest BCUT2D eigenvalue weighted by atomic mass is 10.1. The molecular weight excluding hydrogens is 318 g/mol. The highest BCUT2D eigenvalue weighted by Crippen LogP contribution is 2.37. The van der Waals surface area contributed by atoms with Crippen LogP contribution in [-0.2, 0) is 6.61 Å². The van der Waals surface area contributed by atoms with Gasteiger partial charge in [0.15, 0.2) is 11.5 Å². The van der Waals surface area contributed by atoms with Crippen molar-refractivity contribution in [1.29, 1.82) is 0 Å². The Morgan fingerprint density at radius 3 is 2.17 bits per heavy atom. The fraction of sp³-hybridized carbons (Fsp3) is 0.294. The van der Waals surface area contributed by atoms with Gasteiger partial charge in [-0.2, -0.15) is 0 Å². The smallest absolute Gasteiger partial charge is 0.164 e. The van der Waals surface area contributed by atoms with E-state index in [0.29, 0.717) is 29.4 Å². The Bertz CT molecular complexity index is 607. The number of nitrogens with two attached hydrogens (primary N) is 1. The summed E-state index contributed by atoms with van der Waals surface area (Å²) >= 11 is 0. The fourth-order valence-corrected chi connectivity index (χ4v) is 2.12. The van der Waals surface area contributed by atoms with Crippen molar-refractivity contribution in [3.05, 3.63) is 53.6 Å². The number of rotatable bonds is 7. The summed E-state index contributed by atoms with van der Waals surface area (Å²) in [6.07, 6.45) is 0. The molecule has 0 aliphatic heterocycles. The average Bonchev–Trinajstić information content (AvgIpc) is 2.59. The van der Waals surface area contributed by atoms with Gasteiger partial charge in [0, 0.05) is 11.6 Å². The van der Waals surface area contributed by atoms with Crippen LogP contribution in [0.3, 0.4) is 0 Å². The summed E-state index contributed by atoms with van der Waals surface area (Å²) in [6, 6.07) is 12.7. The molecule has 0 saturated carbocycles. The minimum absolute atomic E-state index is 0. The van der Waals surface area contributed by atoms with Gasteiger partial charge in [-0.15, -0.1) is 12.4 Å². The zero-order chi connectivity index (χ0) is 15.9. The van der Waals surface area contributed by atoms with Gasteiger partial charge in [0.1, 0.15) is 12.4 Å². The van der Waals surface area contributed by atoms with Gasteiger partial charge in [-0.25, -0.2) is 0 Å². The number of hydrogen-bond acceptors (Lipinski definition) is 5. The molecule has 3 N–H and O–H groups in total. The molecule has 0 saturated heterocycles. The predicted molar refractivity (Wildman–Crippen MR) is 91.6 cm³/mol. The maximum Gasteiger partial charge on any atom is 0.164 e. The fourth-order valence-electron chi connectivity index (χ4n) is 2.12. The standard InChI is InChI=1S/C17H21NO4.ClH/c1-20-16-8-13(14(18)10-19)15(9-17(16)21-2)22-11-12-6-4-3-5-7-12;/h3-9,14,19H,10-11,18H2,1-2H3;1H/t14-;/m1./s1. The van der Waals surface area contributed by atoms with E-state index in [0.717, 1.165) is 5.56 Å². The first-order valence-corrected chi connectivity index (χ1v) is 6.98. The van der Waals surface area contributed by atoms with E-state index in [1.54, 1.807) is 26.4 Å². The van der Waals surface area contributed by atoms with Crippen LogP contribution >= 0.6 is 12.4 Å². The summed E-state index contributed by atoms with van der Waals surface area (Å²) in [5.41, 5.74) is 7.67. The first-order chi connectivity index (χ1) is 10.7. The van der Waals surface area contributed by atoms with Crippen molar-refractivity contribution in [2.24, 2.45) is 5.73 Å². The van der Waals surface area contributed by atoms with E-state index in [1.165, 1.54) is 0 Å². The van der Waals surface area contributed by atoms with Crippen LogP contribution in [-0.4, -0.2) is 25.9 Å². The van der Waals surface area contributed by atoms with Gasteiger partial charge in [-0.1, -0.05) is 30.3 Å². The molecule has 0 fully saturated rings. The van der Waals surface area contributed by atoms with Crippen molar-refractivity contribution in [3.8, 4) is 17.2 Å². The maximum atomic E-state index is 9.34. The van der Waals surface area contributed by atoms with E-state index in [9.17, 15) is 5.11 Å². The van der Waals surface area contributed by atoms with Gasteiger partial charge in [0.05, 0.1) is 26.9 Å². The monoisotopic (exact) mass is 339 g/mol. The molecule has 5 nitrogen and oxygen atoms in total. The number of halogens is 1. The minimum atomic E-state index is -0.550. The average molecular weight is 340 g/mol. The van der Waals surface area contributed by atoms with Crippen LogP contribution < -0.4 is 19.9 Å². The quantitative estimate of drug-likeness (QED) is 0.811. The second-order valence-electron chi connectivity index (χ2n) is 4.81. The summed E-state index contributed by atoms with van der Waals surface area (Å²) < 4.78 is 16.4. The molecular formula is C17H22ClNO4. The Morgan fingerprint density at radius 1 is 1.00 bits per heavy atom. The maximum absolute atomic E-state index is 9.34. The van der Waals surface area contributed by atoms with Gasteiger partial charge in [-0.3, -0.25) is 0 Å². The first kappa shape index (κ1) is 19.1. The molecule has 0 aromatic heterocycles. The lowest BCUT2D eigenvalue weighted by Gasteiger charge is -2.18. The molecule has 0 aliphatic rings. The molecule has 1 atom stereocenters. The highest BCUT2D eigenvalue weighted by atomic mass is 35.5. The van der Waals surface area contributed by atoms with Crippen LogP contribution in [0.5, 0.6) is 17.2 Å². The number of methoxy groups -OCH3 is 2. The van der Waals surface area contributed by atoms with Gasteiger partial charge in [0.2, 0.25) is 0 Å². The molecule has 6 heteroatoms. The zero-order valence-electron chi connectivity index (χ0n) is 13.2. The molecule has 0 radical (unpaired) electrons. The molecule has 2 aromatic carbocycles. The van der Waals surface area contributed by atoms with Crippen LogP contribution in [0.25, 0.3) is 0 Å². The first-order valence-electron chi connectivity index (χ1n) is 6.98. The topological polar surface area (TPSA) is 73.9 Å². The Balaban J connectivity index is 0.00000264. The van der Waals surface area contributed by atoms with E-state index in [-0.39, 0.29) is 19.0 Å². The predicted octanol–water partition coefficient (Wildman–Crippen LogP) is 2.70. The third-order valence-corrected chi connectivity index (χ3v) is 3.35. The van der Waals surface area contributed by atoms with Crippen molar-refractivity contribution in [1.82, 2.24) is 0 Å². The molecule has 0 bridgehead atoms. The van der Waals surface area contributed by atoms with E-state index in [4.69, 9.17) is 19.9 Å². The van der Waals surface area contributed by atoms with Gasteiger partial charge in [0.25, 0.3) is 0 Å². The normalized spacial score (nSPS) is 11.3. The van der Waals surface area contributed by atoms with E-state index < -0.39 is 6.04 Å². The van der Waals surface area contributed by atoms with Crippen LogP contribution in [0.2, 0.25) is 0 Å². The summed E-state index contributed by atoms with van der Waals surface area (Å²) in [5, 5.41) is 9.34. The Hall–Kier alpha value is -1.95. The van der Waals surface area contributed by atoms with E-state index in [1.807, 2.05) is 30.3 Å². The SMILES string of the molecule is COc1cc(OCc2ccccc2)c([C@H](N)CO)cc1OC.Cl. The third-order valence-electron chi connectivity index (χ3n) is 3.35. The molecule has 2 rings (SSSR count). The van der Waals surface area contributed by atoms with Crippen molar-refractivity contribution >= 4 is 12.4 Å². The Kier molecular flexibility index (Phi) is 7.68. The summed E-state index contributed by atoms with van der Waals surface area (Å²) in [6.45, 7) is 0.221. The highest BCUT2D eigenvalue weighted by molar-refractivity contribution is 5.85. The number of ether oxygens (including phenoxy) is 3. The largest absolute Gasteiger partial charge is 0.493 e. The number of hydrogen-bond donors (Lipinski definition) is 2. The second kappa shape index (κ2) is 9.25. The van der Waals surface area contributed by atoms with Crippen molar-refractivity contribution in [3.63, 3.8) is 0 Å². The van der Waals surface area contributed by atoms with E-state index >= 15 is 0 Å². The van der Waals surface area contributed by atoms with Crippen molar-refractivity contribution in [2.45, 2.75) is 12.6 Å². The van der Waals surface area contributed by atoms with Crippen LogP contribution in [0.15, 0.2) is 42.5 Å².